The van der Waals surface area contributed by atoms with Gasteiger partial charge in [-0.3, -0.25) is 0 Å². The maximum absolute atomic E-state index is 6.05. The van der Waals surface area contributed by atoms with Crippen LogP contribution in [0.2, 0.25) is 5.02 Å². The zero-order valence-electron chi connectivity index (χ0n) is 11.0. The smallest absolute Gasteiger partial charge is 0.243 e. The van der Waals surface area contributed by atoms with E-state index >= 15 is 0 Å². The predicted octanol–water partition coefficient (Wildman–Crippen LogP) is 4.05. The van der Waals surface area contributed by atoms with Gasteiger partial charge in [0, 0.05) is 6.54 Å². The second kappa shape index (κ2) is 6.38. The second-order valence-corrected chi connectivity index (χ2v) is 4.55. The first-order valence-corrected chi connectivity index (χ1v) is 6.58. The van der Waals surface area contributed by atoms with Crippen molar-refractivity contribution in [1.29, 1.82) is 0 Å². The van der Waals surface area contributed by atoms with E-state index < -0.39 is 0 Å². The molecule has 0 amide bonds. The highest BCUT2D eigenvalue weighted by Crippen LogP contribution is 2.29. The molecule has 5 heteroatoms. The number of anilines is 1. The van der Waals surface area contributed by atoms with Crippen molar-refractivity contribution >= 4 is 17.5 Å². The van der Waals surface area contributed by atoms with E-state index in [0.717, 1.165) is 24.3 Å². The number of nitrogens with one attached hydrogen (secondary N) is 1. The van der Waals surface area contributed by atoms with E-state index in [4.69, 9.17) is 16.3 Å². The summed E-state index contributed by atoms with van der Waals surface area (Å²) in [6, 6.07) is 7.72. The van der Waals surface area contributed by atoms with Crippen molar-refractivity contribution in [3.63, 3.8) is 0 Å². The summed E-state index contributed by atoms with van der Waals surface area (Å²) in [5.74, 6) is 1.63. The van der Waals surface area contributed by atoms with E-state index in [1.54, 1.807) is 6.20 Å². The van der Waals surface area contributed by atoms with Crippen LogP contribution >= 0.6 is 11.6 Å². The molecule has 0 aliphatic carbocycles. The van der Waals surface area contributed by atoms with E-state index in [-0.39, 0.29) is 0 Å². The molecule has 0 atom stereocenters. The molecule has 1 N–H and O–H groups in total. The molecule has 0 radical (unpaired) electrons. The van der Waals surface area contributed by atoms with Crippen LogP contribution in [0.4, 0.5) is 5.95 Å². The number of ether oxygens (including phenoxy) is 1. The Hall–Kier alpha value is -1.81. The molecule has 0 fully saturated rings. The summed E-state index contributed by atoms with van der Waals surface area (Å²) in [4.78, 5) is 8.38. The average Bonchev–Trinajstić information content (AvgIpc) is 2.42. The quantitative estimate of drug-likeness (QED) is 0.895. The number of rotatable bonds is 5. The fourth-order valence-corrected chi connectivity index (χ4v) is 1.65. The number of benzene rings is 1. The van der Waals surface area contributed by atoms with Crippen LogP contribution in [0.15, 0.2) is 30.5 Å². The second-order valence-electron chi connectivity index (χ2n) is 4.14. The van der Waals surface area contributed by atoms with Crippen molar-refractivity contribution in [2.45, 2.75) is 20.3 Å². The van der Waals surface area contributed by atoms with Crippen molar-refractivity contribution in [2.24, 2.45) is 0 Å². The van der Waals surface area contributed by atoms with Crippen LogP contribution in [0.25, 0.3) is 0 Å². The Morgan fingerprint density at radius 1 is 1.32 bits per heavy atom. The Bertz CT molecular complexity index is 560. The highest BCUT2D eigenvalue weighted by molar-refractivity contribution is 6.31. The molecule has 0 saturated heterocycles. The van der Waals surface area contributed by atoms with Crippen molar-refractivity contribution < 1.29 is 4.74 Å². The normalized spacial score (nSPS) is 10.3. The average molecular weight is 278 g/mol. The van der Waals surface area contributed by atoms with Crippen molar-refractivity contribution in [1.82, 2.24) is 9.97 Å². The SMILES string of the molecule is CCCNc1ncc(Cl)c(Oc2ccccc2C)n1. The third-order valence-corrected chi connectivity index (χ3v) is 2.80. The van der Waals surface area contributed by atoms with Crippen LogP contribution in [-0.4, -0.2) is 16.5 Å². The Kier molecular flexibility index (Phi) is 4.58. The summed E-state index contributed by atoms with van der Waals surface area (Å²) >= 11 is 6.05. The summed E-state index contributed by atoms with van der Waals surface area (Å²) in [6.45, 7) is 4.86. The molecule has 1 heterocycles. The largest absolute Gasteiger partial charge is 0.437 e. The lowest BCUT2D eigenvalue weighted by molar-refractivity contribution is 0.459. The summed E-state index contributed by atoms with van der Waals surface area (Å²) in [7, 11) is 0. The molecular formula is C14H16ClN3O. The summed E-state index contributed by atoms with van der Waals surface area (Å²) < 4.78 is 5.74. The third-order valence-electron chi connectivity index (χ3n) is 2.55. The molecule has 0 spiro atoms. The van der Waals surface area contributed by atoms with E-state index in [1.807, 2.05) is 31.2 Å². The molecule has 0 unspecified atom stereocenters. The van der Waals surface area contributed by atoms with Crippen LogP contribution in [0.3, 0.4) is 0 Å². The standard InChI is InChI=1S/C14H16ClN3O/c1-3-8-16-14-17-9-11(15)13(18-14)19-12-7-5-4-6-10(12)2/h4-7,9H,3,8H2,1-2H3,(H,16,17,18). The monoisotopic (exact) mass is 277 g/mol. The highest BCUT2D eigenvalue weighted by Gasteiger charge is 2.09. The molecular weight excluding hydrogens is 262 g/mol. The first kappa shape index (κ1) is 13.6. The molecule has 0 bridgehead atoms. The van der Waals surface area contributed by atoms with Crippen molar-refractivity contribution in [3.05, 3.63) is 41.0 Å². The van der Waals surface area contributed by atoms with Gasteiger partial charge < -0.3 is 10.1 Å². The lowest BCUT2D eigenvalue weighted by Gasteiger charge is -2.10. The minimum Gasteiger partial charge on any atom is -0.437 e. The number of hydrogen-bond acceptors (Lipinski definition) is 4. The van der Waals surface area contributed by atoms with Gasteiger partial charge in [-0.15, -0.1) is 0 Å². The Morgan fingerprint density at radius 2 is 2.11 bits per heavy atom. The number of para-hydroxylation sites is 1. The maximum Gasteiger partial charge on any atom is 0.243 e. The first-order valence-electron chi connectivity index (χ1n) is 6.20. The maximum atomic E-state index is 6.05. The molecule has 2 rings (SSSR count). The van der Waals surface area contributed by atoms with Gasteiger partial charge in [-0.05, 0) is 25.0 Å². The fraction of sp³-hybridized carbons (Fsp3) is 0.286. The molecule has 4 nitrogen and oxygen atoms in total. The van der Waals surface area contributed by atoms with Crippen LogP contribution in [0, 0.1) is 6.92 Å². The Balaban J connectivity index is 2.21. The van der Waals surface area contributed by atoms with Crippen LogP contribution in [0.1, 0.15) is 18.9 Å². The zero-order chi connectivity index (χ0) is 13.7. The summed E-state index contributed by atoms with van der Waals surface area (Å²) in [5, 5.41) is 3.50. The van der Waals surface area contributed by atoms with Gasteiger partial charge in [0.25, 0.3) is 0 Å². The Labute approximate surface area is 117 Å². The van der Waals surface area contributed by atoms with Gasteiger partial charge in [-0.2, -0.15) is 4.98 Å². The fourth-order valence-electron chi connectivity index (χ4n) is 1.52. The van der Waals surface area contributed by atoms with Crippen molar-refractivity contribution in [3.8, 4) is 11.6 Å². The van der Waals surface area contributed by atoms with Gasteiger partial charge in [0.05, 0.1) is 6.20 Å². The minimum atomic E-state index is 0.365. The van der Waals surface area contributed by atoms with Gasteiger partial charge in [-0.25, -0.2) is 4.98 Å². The lowest BCUT2D eigenvalue weighted by Crippen LogP contribution is -2.05. The van der Waals surface area contributed by atoms with Gasteiger partial charge in [0.2, 0.25) is 11.8 Å². The molecule has 19 heavy (non-hydrogen) atoms. The van der Waals surface area contributed by atoms with Gasteiger partial charge >= 0.3 is 0 Å². The van der Waals surface area contributed by atoms with Crippen LogP contribution in [-0.2, 0) is 0 Å². The summed E-state index contributed by atoms with van der Waals surface area (Å²) in [6.07, 6.45) is 2.54. The molecule has 2 aromatic rings. The van der Waals surface area contributed by atoms with Crippen molar-refractivity contribution in [2.75, 3.05) is 11.9 Å². The molecule has 0 aliphatic rings. The van der Waals surface area contributed by atoms with E-state index in [0.29, 0.717) is 16.9 Å². The Morgan fingerprint density at radius 3 is 2.84 bits per heavy atom. The molecule has 0 saturated carbocycles. The molecule has 1 aromatic heterocycles. The van der Waals surface area contributed by atoms with E-state index in [1.165, 1.54) is 0 Å². The van der Waals surface area contributed by atoms with Crippen LogP contribution < -0.4 is 10.1 Å². The third kappa shape index (κ3) is 3.58. The van der Waals surface area contributed by atoms with Gasteiger partial charge in [0.15, 0.2) is 0 Å². The number of nitrogens with zero attached hydrogens (tertiary/aromatic N) is 2. The minimum absolute atomic E-state index is 0.365. The first-order chi connectivity index (χ1) is 9.20. The zero-order valence-corrected chi connectivity index (χ0v) is 11.7. The highest BCUT2D eigenvalue weighted by atomic mass is 35.5. The molecule has 1 aromatic carbocycles. The van der Waals surface area contributed by atoms with E-state index in [9.17, 15) is 0 Å². The van der Waals surface area contributed by atoms with E-state index in [2.05, 4.69) is 22.2 Å². The number of aromatic nitrogens is 2. The summed E-state index contributed by atoms with van der Waals surface area (Å²) in [5.41, 5.74) is 1.03. The lowest BCUT2D eigenvalue weighted by atomic mass is 10.2. The molecule has 0 aliphatic heterocycles. The predicted molar refractivity (Wildman–Crippen MR) is 77.1 cm³/mol. The number of hydrogen-bond donors (Lipinski definition) is 1. The topological polar surface area (TPSA) is 47.0 Å². The van der Waals surface area contributed by atoms with Gasteiger partial charge in [-0.1, -0.05) is 36.7 Å². The molecule has 100 valence electrons. The van der Waals surface area contributed by atoms with Crippen LogP contribution in [0.5, 0.6) is 11.6 Å². The van der Waals surface area contributed by atoms with Gasteiger partial charge in [0.1, 0.15) is 10.8 Å². The number of aryl methyl sites for hydroxylation is 1. The number of halogens is 1.